The molecule has 0 unspecified atom stereocenters. The van der Waals surface area contributed by atoms with Crippen LogP contribution in [0.2, 0.25) is 0 Å². The maximum atomic E-state index is 12.5. The number of nitrogens with zero attached hydrogens (tertiary/aromatic N) is 3. The SMILES string of the molecule is O=C(C=Cc1cn(-c2ccc(Br)cc2)nc1-c1ccc([N+](=O)[O-])cc1)c1ccccc1. The lowest BCUT2D eigenvalue weighted by Crippen LogP contribution is -1.94. The number of allylic oxidation sites excluding steroid dienone is 1. The van der Waals surface area contributed by atoms with Gasteiger partial charge in [-0.1, -0.05) is 46.3 Å². The zero-order valence-electron chi connectivity index (χ0n) is 16.2. The first-order valence-corrected chi connectivity index (χ1v) is 10.2. The Bertz CT molecular complexity index is 1260. The Labute approximate surface area is 186 Å². The molecule has 0 fully saturated rings. The van der Waals surface area contributed by atoms with Gasteiger partial charge in [0.15, 0.2) is 5.78 Å². The van der Waals surface area contributed by atoms with Crippen molar-refractivity contribution in [1.82, 2.24) is 9.78 Å². The first-order valence-electron chi connectivity index (χ1n) is 9.39. The van der Waals surface area contributed by atoms with Gasteiger partial charge < -0.3 is 0 Å². The summed E-state index contributed by atoms with van der Waals surface area (Å²) in [4.78, 5) is 23.0. The van der Waals surface area contributed by atoms with Crippen LogP contribution in [0, 0.1) is 10.1 Å². The molecule has 0 aliphatic heterocycles. The summed E-state index contributed by atoms with van der Waals surface area (Å²) in [5.41, 5.74) is 3.51. The third-order valence-corrected chi connectivity index (χ3v) is 5.19. The molecule has 4 aromatic rings. The highest BCUT2D eigenvalue weighted by atomic mass is 79.9. The molecule has 4 rings (SSSR count). The second-order valence-corrected chi connectivity index (χ2v) is 7.64. The molecular weight excluding hydrogens is 458 g/mol. The van der Waals surface area contributed by atoms with Gasteiger partial charge in [-0.05, 0) is 48.6 Å². The van der Waals surface area contributed by atoms with Crippen LogP contribution in [-0.2, 0) is 0 Å². The number of carbonyl (C=O) groups excluding carboxylic acids is 1. The summed E-state index contributed by atoms with van der Waals surface area (Å²) in [5.74, 6) is -0.119. The van der Waals surface area contributed by atoms with E-state index in [0.717, 1.165) is 15.7 Å². The van der Waals surface area contributed by atoms with Crippen molar-refractivity contribution in [3.8, 4) is 16.9 Å². The highest BCUT2D eigenvalue weighted by molar-refractivity contribution is 9.10. The Morgan fingerprint density at radius 1 is 0.968 bits per heavy atom. The number of halogens is 1. The molecule has 3 aromatic carbocycles. The van der Waals surface area contributed by atoms with Crippen molar-refractivity contribution in [3.63, 3.8) is 0 Å². The normalized spacial score (nSPS) is 11.0. The van der Waals surface area contributed by atoms with Crippen molar-refractivity contribution in [2.45, 2.75) is 0 Å². The topological polar surface area (TPSA) is 78.0 Å². The third-order valence-electron chi connectivity index (χ3n) is 4.66. The molecule has 7 heteroatoms. The van der Waals surface area contributed by atoms with E-state index < -0.39 is 4.92 Å². The predicted molar refractivity (Wildman–Crippen MR) is 123 cm³/mol. The van der Waals surface area contributed by atoms with Gasteiger partial charge in [-0.15, -0.1) is 0 Å². The summed E-state index contributed by atoms with van der Waals surface area (Å²) in [6.45, 7) is 0. The number of carbonyl (C=O) groups is 1. The van der Waals surface area contributed by atoms with Gasteiger partial charge in [0.1, 0.15) is 0 Å². The minimum absolute atomic E-state index is 0.00689. The molecule has 0 atom stereocenters. The van der Waals surface area contributed by atoms with E-state index in [1.165, 1.54) is 18.2 Å². The number of nitro groups is 1. The molecule has 0 saturated heterocycles. The first kappa shape index (κ1) is 20.4. The molecule has 6 nitrogen and oxygen atoms in total. The van der Waals surface area contributed by atoms with Crippen molar-refractivity contribution >= 4 is 33.5 Å². The summed E-state index contributed by atoms with van der Waals surface area (Å²) in [6, 6.07) is 22.9. The summed E-state index contributed by atoms with van der Waals surface area (Å²) >= 11 is 3.42. The summed E-state index contributed by atoms with van der Waals surface area (Å²) < 4.78 is 2.67. The lowest BCUT2D eigenvalue weighted by molar-refractivity contribution is -0.384. The fourth-order valence-corrected chi connectivity index (χ4v) is 3.33. The molecular formula is C24H16BrN3O3. The fourth-order valence-electron chi connectivity index (χ4n) is 3.06. The molecule has 1 aromatic heterocycles. The number of hydrogen-bond acceptors (Lipinski definition) is 4. The summed E-state index contributed by atoms with van der Waals surface area (Å²) in [6.07, 6.45) is 5.05. The van der Waals surface area contributed by atoms with Gasteiger partial charge in [0.25, 0.3) is 5.69 Å². The highest BCUT2D eigenvalue weighted by Crippen LogP contribution is 2.27. The quantitative estimate of drug-likeness (QED) is 0.146. The average Bonchev–Trinajstić information content (AvgIpc) is 3.23. The smallest absolute Gasteiger partial charge is 0.269 e. The minimum Gasteiger partial charge on any atom is -0.289 e. The molecule has 0 spiro atoms. The lowest BCUT2D eigenvalue weighted by atomic mass is 10.1. The molecule has 0 bridgehead atoms. The van der Waals surface area contributed by atoms with E-state index in [2.05, 4.69) is 21.0 Å². The van der Waals surface area contributed by atoms with Crippen LogP contribution in [-0.4, -0.2) is 20.5 Å². The molecule has 1 heterocycles. The second-order valence-electron chi connectivity index (χ2n) is 6.72. The van der Waals surface area contributed by atoms with Gasteiger partial charge in [0.2, 0.25) is 0 Å². The predicted octanol–water partition coefficient (Wildman–Crippen LogP) is 6.11. The van der Waals surface area contributed by atoms with E-state index in [1.807, 2.05) is 48.7 Å². The van der Waals surface area contributed by atoms with Gasteiger partial charge in [-0.2, -0.15) is 5.10 Å². The van der Waals surface area contributed by atoms with E-state index in [-0.39, 0.29) is 11.5 Å². The van der Waals surface area contributed by atoms with Crippen molar-refractivity contribution in [2.75, 3.05) is 0 Å². The Morgan fingerprint density at radius 2 is 1.65 bits per heavy atom. The van der Waals surface area contributed by atoms with Crippen LogP contribution in [0.5, 0.6) is 0 Å². The van der Waals surface area contributed by atoms with Gasteiger partial charge in [0.05, 0.1) is 16.3 Å². The van der Waals surface area contributed by atoms with Crippen molar-refractivity contribution in [2.24, 2.45) is 0 Å². The molecule has 31 heavy (non-hydrogen) atoms. The van der Waals surface area contributed by atoms with E-state index in [0.29, 0.717) is 16.8 Å². The Kier molecular flexibility index (Phi) is 5.86. The van der Waals surface area contributed by atoms with Crippen LogP contribution in [0.3, 0.4) is 0 Å². The largest absolute Gasteiger partial charge is 0.289 e. The number of nitro benzene ring substituents is 1. The van der Waals surface area contributed by atoms with Gasteiger partial charge >= 0.3 is 0 Å². The molecule has 0 radical (unpaired) electrons. The summed E-state index contributed by atoms with van der Waals surface area (Å²) in [5, 5.41) is 15.7. The van der Waals surface area contributed by atoms with E-state index in [9.17, 15) is 14.9 Å². The highest BCUT2D eigenvalue weighted by Gasteiger charge is 2.13. The average molecular weight is 474 g/mol. The van der Waals surface area contributed by atoms with Gasteiger partial charge in [0, 0.05) is 39.5 Å². The molecule has 0 amide bonds. The molecule has 0 saturated carbocycles. The lowest BCUT2D eigenvalue weighted by Gasteiger charge is -2.01. The van der Waals surface area contributed by atoms with Crippen LogP contribution < -0.4 is 0 Å². The third kappa shape index (κ3) is 4.67. The Morgan fingerprint density at radius 3 is 2.29 bits per heavy atom. The molecule has 0 aliphatic carbocycles. The standard InChI is InChI=1S/C24H16BrN3O3/c25-20-9-13-21(14-10-20)27-16-19(8-15-23(29)17-4-2-1-3-5-17)24(26-27)18-6-11-22(12-7-18)28(30)31/h1-16H. The van der Waals surface area contributed by atoms with Crippen molar-refractivity contribution in [1.29, 1.82) is 0 Å². The Hall–Kier alpha value is -3.84. The number of ketones is 1. The minimum atomic E-state index is -0.441. The first-order chi connectivity index (χ1) is 15.0. The Balaban J connectivity index is 1.74. The number of hydrogen-bond donors (Lipinski definition) is 0. The van der Waals surface area contributed by atoms with Crippen LogP contribution in [0.25, 0.3) is 23.0 Å². The monoisotopic (exact) mass is 473 g/mol. The van der Waals surface area contributed by atoms with Crippen LogP contribution >= 0.6 is 15.9 Å². The van der Waals surface area contributed by atoms with Crippen molar-refractivity contribution in [3.05, 3.63) is 117 Å². The van der Waals surface area contributed by atoms with E-state index >= 15 is 0 Å². The number of benzene rings is 3. The maximum Gasteiger partial charge on any atom is 0.269 e. The number of non-ortho nitro benzene ring substituents is 1. The molecule has 0 N–H and O–H groups in total. The van der Waals surface area contributed by atoms with Gasteiger partial charge in [-0.3, -0.25) is 14.9 Å². The maximum absolute atomic E-state index is 12.5. The molecule has 0 aliphatic rings. The van der Waals surface area contributed by atoms with E-state index in [1.54, 1.807) is 35.0 Å². The van der Waals surface area contributed by atoms with Gasteiger partial charge in [-0.25, -0.2) is 4.68 Å². The van der Waals surface area contributed by atoms with Crippen LogP contribution in [0.4, 0.5) is 5.69 Å². The number of rotatable bonds is 6. The van der Waals surface area contributed by atoms with E-state index in [4.69, 9.17) is 0 Å². The zero-order valence-corrected chi connectivity index (χ0v) is 17.8. The summed E-state index contributed by atoms with van der Waals surface area (Å²) in [7, 11) is 0. The zero-order chi connectivity index (χ0) is 21.8. The second kappa shape index (κ2) is 8.89. The van der Waals surface area contributed by atoms with Crippen LogP contribution in [0.1, 0.15) is 15.9 Å². The van der Waals surface area contributed by atoms with Crippen molar-refractivity contribution < 1.29 is 9.72 Å². The molecule has 152 valence electrons. The fraction of sp³-hybridized carbons (Fsp3) is 0. The van der Waals surface area contributed by atoms with Crippen LogP contribution in [0.15, 0.2) is 95.6 Å². The number of aromatic nitrogens is 2.